The van der Waals surface area contributed by atoms with Crippen LogP contribution in [0.1, 0.15) is 22.3 Å². The van der Waals surface area contributed by atoms with Crippen LogP contribution >= 0.6 is 11.8 Å². The van der Waals surface area contributed by atoms with E-state index in [1.165, 1.54) is 6.07 Å². The number of hydrogen-bond donors (Lipinski definition) is 3. The van der Waals surface area contributed by atoms with Crippen molar-refractivity contribution in [3.05, 3.63) is 59.7 Å². The number of aryl methyl sites for hydroxylation is 1. The van der Waals surface area contributed by atoms with E-state index in [4.69, 9.17) is 5.14 Å². The van der Waals surface area contributed by atoms with Gasteiger partial charge in [-0.2, -0.15) is 11.8 Å². The lowest BCUT2D eigenvalue weighted by Gasteiger charge is -2.19. The number of anilines is 1. The highest BCUT2D eigenvalue weighted by atomic mass is 32.2. The topological polar surface area (TPSA) is 118 Å². The summed E-state index contributed by atoms with van der Waals surface area (Å²) >= 11 is 1.56. The molecular weight excluding hydrogens is 398 g/mol. The van der Waals surface area contributed by atoms with Gasteiger partial charge in [-0.1, -0.05) is 24.3 Å². The van der Waals surface area contributed by atoms with Crippen LogP contribution in [0.15, 0.2) is 53.4 Å². The lowest BCUT2D eigenvalue weighted by atomic mass is 10.1. The number of rotatable bonds is 8. The average molecular weight is 422 g/mol. The van der Waals surface area contributed by atoms with Gasteiger partial charge in [0, 0.05) is 11.3 Å². The van der Waals surface area contributed by atoms with Crippen molar-refractivity contribution in [3.63, 3.8) is 0 Å². The predicted molar refractivity (Wildman–Crippen MR) is 112 cm³/mol. The van der Waals surface area contributed by atoms with Crippen LogP contribution in [0.3, 0.4) is 0 Å². The van der Waals surface area contributed by atoms with E-state index in [2.05, 4.69) is 10.6 Å². The van der Waals surface area contributed by atoms with Crippen LogP contribution in [0.5, 0.6) is 0 Å². The molecule has 9 heteroatoms. The molecule has 1 atom stereocenters. The Hall–Kier alpha value is -2.36. The zero-order chi connectivity index (χ0) is 20.7. The van der Waals surface area contributed by atoms with E-state index in [1.54, 1.807) is 61.2 Å². The fourth-order valence-electron chi connectivity index (χ4n) is 2.55. The first-order valence-corrected chi connectivity index (χ1v) is 11.5. The lowest BCUT2D eigenvalue weighted by Crippen LogP contribution is -2.44. The van der Waals surface area contributed by atoms with Gasteiger partial charge in [0.2, 0.25) is 15.9 Å². The molecule has 0 aromatic heterocycles. The summed E-state index contributed by atoms with van der Waals surface area (Å²) in [7, 11) is -3.91. The van der Waals surface area contributed by atoms with E-state index in [0.29, 0.717) is 29.0 Å². The van der Waals surface area contributed by atoms with Gasteiger partial charge in [-0.3, -0.25) is 9.59 Å². The smallest absolute Gasteiger partial charge is 0.251 e. The molecule has 0 spiro atoms. The summed E-state index contributed by atoms with van der Waals surface area (Å²) in [6.07, 6.45) is 2.34. The van der Waals surface area contributed by atoms with Crippen molar-refractivity contribution in [1.82, 2.24) is 5.32 Å². The van der Waals surface area contributed by atoms with E-state index in [1.807, 2.05) is 6.26 Å². The monoisotopic (exact) mass is 421 g/mol. The van der Waals surface area contributed by atoms with E-state index in [0.717, 1.165) is 0 Å². The minimum Gasteiger partial charge on any atom is -0.340 e. The first-order valence-electron chi connectivity index (χ1n) is 8.51. The Bertz CT molecular complexity index is 947. The van der Waals surface area contributed by atoms with Gasteiger partial charge in [-0.05, 0) is 55.2 Å². The molecule has 28 heavy (non-hydrogen) atoms. The van der Waals surface area contributed by atoms with E-state index in [9.17, 15) is 18.0 Å². The second-order valence-corrected chi connectivity index (χ2v) is 8.70. The van der Waals surface area contributed by atoms with Crippen LogP contribution < -0.4 is 15.8 Å². The Labute approximate surface area is 169 Å². The van der Waals surface area contributed by atoms with Crippen molar-refractivity contribution in [3.8, 4) is 0 Å². The molecule has 0 radical (unpaired) electrons. The van der Waals surface area contributed by atoms with Crippen molar-refractivity contribution < 1.29 is 18.0 Å². The number of nitrogens with one attached hydrogen (secondary N) is 2. The molecule has 0 bridgehead atoms. The van der Waals surface area contributed by atoms with Crippen molar-refractivity contribution in [2.75, 3.05) is 17.3 Å². The van der Waals surface area contributed by atoms with Crippen LogP contribution in [0.2, 0.25) is 0 Å². The summed E-state index contributed by atoms with van der Waals surface area (Å²) in [6.45, 7) is 1.62. The molecule has 0 aliphatic carbocycles. The zero-order valence-electron chi connectivity index (χ0n) is 15.6. The molecule has 150 valence electrons. The summed E-state index contributed by atoms with van der Waals surface area (Å²) in [5, 5.41) is 10.6. The van der Waals surface area contributed by atoms with E-state index < -0.39 is 22.0 Å². The summed E-state index contributed by atoms with van der Waals surface area (Å²) in [4.78, 5) is 25.1. The highest BCUT2D eigenvalue weighted by molar-refractivity contribution is 7.98. The maximum Gasteiger partial charge on any atom is 0.251 e. The molecule has 0 aliphatic heterocycles. The molecule has 0 heterocycles. The average Bonchev–Trinajstić information content (AvgIpc) is 2.66. The van der Waals surface area contributed by atoms with E-state index >= 15 is 0 Å². The SMILES string of the molecule is CSCC[C@H](NC(=O)c1ccccc1)C(=O)Nc1ccc(C)c(S(N)(=O)=O)c1. The number of nitrogens with two attached hydrogens (primary N) is 1. The van der Waals surface area contributed by atoms with Gasteiger partial charge in [0.25, 0.3) is 5.91 Å². The number of thioether (sulfide) groups is 1. The van der Waals surface area contributed by atoms with Crippen molar-refractivity contribution in [2.24, 2.45) is 5.14 Å². The first kappa shape index (κ1) is 21.9. The van der Waals surface area contributed by atoms with Gasteiger partial charge in [0.05, 0.1) is 4.90 Å². The molecule has 0 saturated carbocycles. The molecule has 4 N–H and O–H groups in total. The van der Waals surface area contributed by atoms with Gasteiger partial charge in [-0.25, -0.2) is 13.6 Å². The molecule has 2 aromatic carbocycles. The van der Waals surface area contributed by atoms with Gasteiger partial charge in [0.15, 0.2) is 0 Å². The van der Waals surface area contributed by atoms with Crippen molar-refractivity contribution >= 4 is 39.3 Å². The van der Waals surface area contributed by atoms with Gasteiger partial charge in [-0.15, -0.1) is 0 Å². The Kier molecular flexibility index (Phi) is 7.61. The van der Waals surface area contributed by atoms with Crippen LogP contribution in [0, 0.1) is 6.92 Å². The van der Waals surface area contributed by atoms with E-state index in [-0.39, 0.29) is 10.8 Å². The molecule has 7 nitrogen and oxygen atoms in total. The minimum absolute atomic E-state index is 0.0562. The van der Waals surface area contributed by atoms with Crippen molar-refractivity contribution in [1.29, 1.82) is 0 Å². The lowest BCUT2D eigenvalue weighted by molar-refractivity contribution is -0.118. The van der Waals surface area contributed by atoms with Gasteiger partial charge >= 0.3 is 0 Å². The van der Waals surface area contributed by atoms with Gasteiger partial charge in [0.1, 0.15) is 6.04 Å². The maximum atomic E-state index is 12.7. The Morgan fingerprint density at radius 2 is 1.82 bits per heavy atom. The molecule has 0 fully saturated rings. The third-order valence-corrected chi connectivity index (χ3v) is 5.73. The number of benzene rings is 2. The number of primary sulfonamides is 1. The fraction of sp³-hybridized carbons (Fsp3) is 0.263. The second-order valence-electron chi connectivity index (χ2n) is 6.19. The largest absolute Gasteiger partial charge is 0.340 e. The normalized spacial score (nSPS) is 12.2. The highest BCUT2D eigenvalue weighted by Gasteiger charge is 2.22. The first-order chi connectivity index (χ1) is 13.2. The molecule has 2 rings (SSSR count). The van der Waals surface area contributed by atoms with Crippen LogP contribution in [0.25, 0.3) is 0 Å². The van der Waals surface area contributed by atoms with Crippen LogP contribution in [0.4, 0.5) is 5.69 Å². The summed E-state index contributed by atoms with van der Waals surface area (Å²) in [5.41, 5.74) is 1.23. The third kappa shape index (κ3) is 6.08. The van der Waals surface area contributed by atoms with Gasteiger partial charge < -0.3 is 10.6 Å². The predicted octanol–water partition coefficient (Wildman–Crippen LogP) is 2.13. The van der Waals surface area contributed by atoms with Crippen molar-refractivity contribution in [2.45, 2.75) is 24.3 Å². The Morgan fingerprint density at radius 1 is 1.14 bits per heavy atom. The summed E-state index contributed by atoms with van der Waals surface area (Å²) in [5.74, 6) is -0.109. The number of carbonyl (C=O) groups excluding carboxylic acids is 2. The zero-order valence-corrected chi connectivity index (χ0v) is 17.3. The number of sulfonamides is 1. The minimum atomic E-state index is -3.91. The highest BCUT2D eigenvalue weighted by Crippen LogP contribution is 2.19. The Balaban J connectivity index is 2.18. The molecule has 2 amide bonds. The molecular formula is C19H23N3O4S2. The van der Waals surface area contributed by atoms with Crippen LogP contribution in [-0.4, -0.2) is 38.3 Å². The quantitative estimate of drug-likeness (QED) is 0.603. The molecule has 0 saturated heterocycles. The summed E-state index contributed by atoms with van der Waals surface area (Å²) < 4.78 is 23.3. The van der Waals surface area contributed by atoms with Crippen LogP contribution in [-0.2, 0) is 14.8 Å². The third-order valence-electron chi connectivity index (χ3n) is 4.03. The molecule has 2 aromatic rings. The Morgan fingerprint density at radius 3 is 2.43 bits per heavy atom. The maximum absolute atomic E-state index is 12.7. The number of hydrogen-bond acceptors (Lipinski definition) is 5. The summed E-state index contributed by atoms with van der Waals surface area (Å²) in [6, 6.07) is 12.3. The fourth-order valence-corrected chi connectivity index (χ4v) is 3.83. The standard InChI is InChI=1S/C19H23N3O4S2/c1-13-8-9-15(12-17(13)28(20,25)26)21-19(24)16(10-11-27-2)22-18(23)14-6-4-3-5-7-14/h3-9,12,16H,10-11H2,1-2H3,(H,21,24)(H,22,23)(H2,20,25,26)/t16-/m0/s1. The second kappa shape index (κ2) is 9.72. The molecule has 0 unspecified atom stereocenters. The molecule has 0 aliphatic rings. The number of amides is 2. The number of carbonyl (C=O) groups is 2.